The van der Waals surface area contributed by atoms with Crippen LogP contribution in [-0.4, -0.2) is 75.4 Å². The molecule has 1 atom stereocenters. The number of piperazine rings is 1. The summed E-state index contributed by atoms with van der Waals surface area (Å²) in [6, 6.07) is 17.2. The molecule has 1 aliphatic rings. The second-order valence-corrected chi connectivity index (χ2v) is 11.4. The number of urea groups is 1. The molecule has 13 heteroatoms. The Labute approximate surface area is 243 Å². The van der Waals surface area contributed by atoms with Crippen LogP contribution in [0.25, 0.3) is 0 Å². The zero-order chi connectivity index (χ0) is 29.6. The Hall–Kier alpha value is -4.13. The molecule has 11 nitrogen and oxygen atoms in total. The molecule has 1 heterocycles. The van der Waals surface area contributed by atoms with Gasteiger partial charge < -0.3 is 25.0 Å². The number of halogens is 1. The summed E-state index contributed by atoms with van der Waals surface area (Å²) in [4.78, 5) is 39.6. The van der Waals surface area contributed by atoms with Gasteiger partial charge in [-0.2, -0.15) is 4.31 Å². The quantitative estimate of drug-likeness (QED) is 0.379. The predicted molar refractivity (Wildman–Crippen MR) is 152 cm³/mol. The average Bonchev–Trinajstić information content (AvgIpc) is 2.99. The SMILES string of the molecule is COC(=O)c1ccc(NC(=O)N2CCN(S(=O)(=O)c3ccc(Cl)cc3)C(C(=O)NCc3cccc(OC)c3)C2)cc1. The Kier molecular flexibility index (Phi) is 9.48. The number of ether oxygens (including phenoxy) is 2. The van der Waals surface area contributed by atoms with E-state index in [1.54, 1.807) is 36.4 Å². The van der Waals surface area contributed by atoms with E-state index in [1.807, 2.05) is 0 Å². The molecule has 3 amide bonds. The van der Waals surface area contributed by atoms with Gasteiger partial charge in [0.05, 0.1) is 24.7 Å². The summed E-state index contributed by atoms with van der Waals surface area (Å²) in [5.41, 5.74) is 1.49. The van der Waals surface area contributed by atoms with Crippen LogP contribution in [0.5, 0.6) is 5.75 Å². The van der Waals surface area contributed by atoms with E-state index in [0.717, 1.165) is 9.87 Å². The first kappa shape index (κ1) is 29.8. The smallest absolute Gasteiger partial charge is 0.337 e. The van der Waals surface area contributed by atoms with Gasteiger partial charge in [0.1, 0.15) is 11.8 Å². The summed E-state index contributed by atoms with van der Waals surface area (Å²) in [5.74, 6) is -0.460. The molecule has 2 N–H and O–H groups in total. The number of rotatable bonds is 8. The molecular weight excluding hydrogens is 572 g/mol. The topological polar surface area (TPSA) is 134 Å². The van der Waals surface area contributed by atoms with Crippen LogP contribution in [0.3, 0.4) is 0 Å². The Morgan fingerprint density at radius 1 is 0.976 bits per heavy atom. The van der Waals surface area contributed by atoms with Gasteiger partial charge >= 0.3 is 12.0 Å². The maximum Gasteiger partial charge on any atom is 0.337 e. The van der Waals surface area contributed by atoms with Crippen molar-refractivity contribution in [2.24, 2.45) is 0 Å². The highest BCUT2D eigenvalue weighted by Crippen LogP contribution is 2.24. The van der Waals surface area contributed by atoms with Crippen LogP contribution in [0.2, 0.25) is 5.02 Å². The largest absolute Gasteiger partial charge is 0.497 e. The van der Waals surface area contributed by atoms with Crippen LogP contribution in [0, 0.1) is 0 Å². The van der Waals surface area contributed by atoms with E-state index < -0.39 is 34.0 Å². The number of hydrogen-bond acceptors (Lipinski definition) is 7. The summed E-state index contributed by atoms with van der Waals surface area (Å²) in [6.45, 7) is -0.140. The molecule has 41 heavy (non-hydrogen) atoms. The highest BCUT2D eigenvalue weighted by atomic mass is 35.5. The lowest BCUT2D eigenvalue weighted by Crippen LogP contribution is -2.61. The molecule has 3 aromatic rings. The van der Waals surface area contributed by atoms with Gasteiger partial charge in [-0.25, -0.2) is 18.0 Å². The van der Waals surface area contributed by atoms with Crippen LogP contribution in [0.15, 0.2) is 77.7 Å². The van der Waals surface area contributed by atoms with Gasteiger partial charge in [0.25, 0.3) is 0 Å². The third-order valence-electron chi connectivity index (χ3n) is 6.50. The molecule has 0 radical (unpaired) electrons. The molecule has 0 bridgehead atoms. The molecule has 1 saturated heterocycles. The zero-order valence-corrected chi connectivity index (χ0v) is 23.9. The number of benzene rings is 3. The lowest BCUT2D eigenvalue weighted by molar-refractivity contribution is -0.126. The summed E-state index contributed by atoms with van der Waals surface area (Å²) >= 11 is 5.94. The van der Waals surface area contributed by atoms with Crippen LogP contribution in [-0.2, 0) is 26.1 Å². The molecule has 4 rings (SSSR count). The van der Waals surface area contributed by atoms with Gasteiger partial charge in [-0.15, -0.1) is 0 Å². The first-order valence-electron chi connectivity index (χ1n) is 12.5. The summed E-state index contributed by atoms with van der Waals surface area (Å²) in [5, 5.41) is 5.89. The standard InChI is InChI=1S/C28H29ClN4O7S/c1-39-23-5-3-4-19(16-23)17-30-26(34)25-18-32(28(36)31-22-10-6-20(7-11-22)27(35)40-2)14-15-33(25)41(37,38)24-12-8-21(29)9-13-24/h3-13,16,25H,14-15,17-18H2,1-2H3,(H,30,34)(H,31,36). The predicted octanol–water partition coefficient (Wildman–Crippen LogP) is 3.36. The van der Waals surface area contributed by atoms with E-state index in [9.17, 15) is 22.8 Å². The average molecular weight is 601 g/mol. The number of anilines is 1. The number of carbonyl (C=O) groups excluding carboxylic acids is 3. The third kappa shape index (κ3) is 7.15. The maximum atomic E-state index is 13.6. The van der Waals surface area contributed by atoms with Gasteiger partial charge in [0.15, 0.2) is 0 Å². The molecule has 0 aliphatic carbocycles. The first-order chi connectivity index (χ1) is 19.6. The van der Waals surface area contributed by atoms with Gasteiger partial charge in [0.2, 0.25) is 15.9 Å². The summed E-state index contributed by atoms with van der Waals surface area (Å²) in [7, 11) is -1.29. The van der Waals surface area contributed by atoms with Gasteiger partial charge in [0, 0.05) is 36.9 Å². The molecule has 1 fully saturated rings. The van der Waals surface area contributed by atoms with Crippen molar-refractivity contribution >= 4 is 45.2 Å². The fraction of sp³-hybridized carbons (Fsp3) is 0.250. The number of amides is 3. The van der Waals surface area contributed by atoms with Crippen LogP contribution < -0.4 is 15.4 Å². The van der Waals surface area contributed by atoms with Crippen molar-refractivity contribution < 1.29 is 32.3 Å². The molecule has 3 aromatic carbocycles. The molecule has 0 spiro atoms. The van der Waals surface area contributed by atoms with E-state index in [1.165, 1.54) is 55.5 Å². The van der Waals surface area contributed by atoms with Crippen molar-refractivity contribution in [1.82, 2.24) is 14.5 Å². The molecule has 1 unspecified atom stereocenters. The zero-order valence-electron chi connectivity index (χ0n) is 22.4. The monoisotopic (exact) mass is 600 g/mol. The lowest BCUT2D eigenvalue weighted by Gasteiger charge is -2.39. The maximum absolute atomic E-state index is 13.6. The minimum atomic E-state index is -4.10. The van der Waals surface area contributed by atoms with Crippen molar-refractivity contribution in [3.05, 3.63) is 88.9 Å². The van der Waals surface area contributed by atoms with Crippen LogP contribution >= 0.6 is 11.6 Å². The van der Waals surface area contributed by atoms with Crippen molar-refractivity contribution in [3.8, 4) is 5.75 Å². The highest BCUT2D eigenvalue weighted by Gasteiger charge is 2.41. The minimum Gasteiger partial charge on any atom is -0.497 e. The van der Waals surface area contributed by atoms with Gasteiger partial charge in [-0.05, 0) is 66.2 Å². The number of esters is 1. The minimum absolute atomic E-state index is 0.0175. The van der Waals surface area contributed by atoms with Crippen molar-refractivity contribution in [2.75, 3.05) is 39.2 Å². The van der Waals surface area contributed by atoms with Crippen LogP contribution in [0.4, 0.5) is 10.5 Å². The Morgan fingerprint density at radius 2 is 1.68 bits per heavy atom. The molecule has 0 saturated carbocycles. The normalized spacial score (nSPS) is 15.6. The summed E-state index contributed by atoms with van der Waals surface area (Å²) in [6.07, 6.45) is 0. The molecule has 1 aliphatic heterocycles. The molecular formula is C28H29ClN4O7S. The fourth-order valence-electron chi connectivity index (χ4n) is 4.29. The highest BCUT2D eigenvalue weighted by molar-refractivity contribution is 7.89. The first-order valence-corrected chi connectivity index (χ1v) is 14.4. The van der Waals surface area contributed by atoms with Crippen molar-refractivity contribution in [3.63, 3.8) is 0 Å². The van der Waals surface area contributed by atoms with E-state index in [-0.39, 0.29) is 31.1 Å². The Balaban J connectivity index is 1.53. The van der Waals surface area contributed by atoms with E-state index >= 15 is 0 Å². The van der Waals surface area contributed by atoms with Crippen molar-refractivity contribution in [2.45, 2.75) is 17.5 Å². The third-order valence-corrected chi connectivity index (χ3v) is 8.67. The number of hydrogen-bond donors (Lipinski definition) is 2. The second-order valence-electron chi connectivity index (χ2n) is 9.10. The fourth-order valence-corrected chi connectivity index (χ4v) is 5.99. The Morgan fingerprint density at radius 3 is 2.34 bits per heavy atom. The number of nitrogens with zero attached hydrogens (tertiary/aromatic N) is 2. The number of sulfonamides is 1. The van der Waals surface area contributed by atoms with Gasteiger partial charge in [-0.1, -0.05) is 23.7 Å². The number of nitrogens with one attached hydrogen (secondary N) is 2. The second kappa shape index (κ2) is 13.0. The van der Waals surface area contributed by atoms with E-state index in [4.69, 9.17) is 16.3 Å². The van der Waals surface area contributed by atoms with Crippen molar-refractivity contribution in [1.29, 1.82) is 0 Å². The number of methoxy groups -OCH3 is 2. The molecule has 0 aromatic heterocycles. The van der Waals surface area contributed by atoms with E-state index in [2.05, 4.69) is 15.4 Å². The lowest BCUT2D eigenvalue weighted by atomic mass is 10.1. The van der Waals surface area contributed by atoms with E-state index in [0.29, 0.717) is 22.0 Å². The molecule has 216 valence electrons. The Bertz CT molecular complexity index is 1520. The van der Waals surface area contributed by atoms with Crippen LogP contribution in [0.1, 0.15) is 15.9 Å². The number of carbonyl (C=O) groups is 3. The summed E-state index contributed by atoms with van der Waals surface area (Å²) < 4.78 is 38.2. The van der Waals surface area contributed by atoms with Gasteiger partial charge in [-0.3, -0.25) is 4.79 Å².